The summed E-state index contributed by atoms with van der Waals surface area (Å²) in [6.07, 6.45) is 3.80. The molecule has 0 aromatic carbocycles. The lowest BCUT2D eigenvalue weighted by molar-refractivity contribution is 0.0589. The molecule has 2 amide bonds. The number of imidazole rings is 1. The van der Waals surface area contributed by atoms with Gasteiger partial charge in [-0.1, -0.05) is 6.07 Å². The van der Waals surface area contributed by atoms with Crippen molar-refractivity contribution in [3.63, 3.8) is 0 Å². The van der Waals surface area contributed by atoms with Crippen molar-refractivity contribution in [2.45, 2.75) is 26.4 Å². The Morgan fingerprint density at radius 3 is 2.57 bits per heavy atom. The minimum absolute atomic E-state index is 0.00134. The van der Waals surface area contributed by atoms with Gasteiger partial charge in [0.25, 0.3) is 11.5 Å². The van der Waals surface area contributed by atoms with Crippen molar-refractivity contribution in [1.82, 2.24) is 24.1 Å². The highest BCUT2D eigenvalue weighted by Gasteiger charge is 2.25. The maximum atomic E-state index is 13.1. The summed E-state index contributed by atoms with van der Waals surface area (Å²) in [5.41, 5.74) is 5.05. The molecular weight excluding hydrogens is 452 g/mol. The third-order valence-electron chi connectivity index (χ3n) is 4.84. The van der Waals surface area contributed by atoms with Gasteiger partial charge in [-0.3, -0.25) is 19.1 Å². The number of ether oxygens (including phenoxy) is 1. The van der Waals surface area contributed by atoms with Gasteiger partial charge in [0.05, 0.1) is 11.9 Å². The fraction of sp³-hybridized carbons (Fsp3) is 0.217. The van der Waals surface area contributed by atoms with Crippen molar-refractivity contribution in [2.75, 3.05) is 17.3 Å². The molecule has 4 rings (SSSR count). The van der Waals surface area contributed by atoms with Gasteiger partial charge in [-0.05, 0) is 45.0 Å². The number of nitrogens with one attached hydrogen (secondary N) is 1. The van der Waals surface area contributed by atoms with Crippen LogP contribution in [0.5, 0.6) is 0 Å². The van der Waals surface area contributed by atoms with Crippen LogP contribution in [0.15, 0.2) is 59.8 Å². The van der Waals surface area contributed by atoms with Crippen LogP contribution in [0, 0.1) is 0 Å². The Bertz CT molecular complexity index is 1470. The number of carbonyl (C=O) groups is 2. The van der Waals surface area contributed by atoms with Gasteiger partial charge in [0.2, 0.25) is 0 Å². The second kappa shape index (κ2) is 8.89. The van der Waals surface area contributed by atoms with E-state index in [1.807, 2.05) is 0 Å². The van der Waals surface area contributed by atoms with Gasteiger partial charge in [0, 0.05) is 25.5 Å². The Morgan fingerprint density at radius 2 is 1.91 bits per heavy atom. The van der Waals surface area contributed by atoms with Crippen LogP contribution in [0.3, 0.4) is 0 Å². The molecule has 0 fully saturated rings. The Balaban J connectivity index is 1.80. The molecule has 0 unspecified atom stereocenters. The third-order valence-corrected chi connectivity index (χ3v) is 4.84. The first-order valence-corrected chi connectivity index (χ1v) is 10.6. The Labute approximate surface area is 200 Å². The molecule has 0 aliphatic rings. The van der Waals surface area contributed by atoms with E-state index in [4.69, 9.17) is 10.5 Å². The van der Waals surface area contributed by atoms with Crippen LogP contribution in [-0.2, 0) is 4.74 Å². The van der Waals surface area contributed by atoms with Crippen molar-refractivity contribution in [2.24, 2.45) is 5.73 Å². The molecule has 3 N–H and O–H groups in total. The molecule has 0 radical (unpaired) electrons. The van der Waals surface area contributed by atoms with Gasteiger partial charge >= 0.3 is 6.09 Å². The molecule has 0 bridgehead atoms. The summed E-state index contributed by atoms with van der Waals surface area (Å²) in [4.78, 5) is 47.4. The molecule has 0 saturated carbocycles. The number of amides is 2. The summed E-state index contributed by atoms with van der Waals surface area (Å²) in [6, 6.07) is 10.0. The van der Waals surface area contributed by atoms with Crippen molar-refractivity contribution >= 4 is 34.8 Å². The van der Waals surface area contributed by atoms with Gasteiger partial charge in [0.15, 0.2) is 11.5 Å². The van der Waals surface area contributed by atoms with E-state index in [1.54, 1.807) is 63.5 Å². The molecular formula is C23H24N8O4. The van der Waals surface area contributed by atoms with Crippen LogP contribution < -0.4 is 21.5 Å². The van der Waals surface area contributed by atoms with E-state index in [-0.39, 0.29) is 34.1 Å². The average molecular weight is 476 g/mol. The zero-order valence-electron chi connectivity index (χ0n) is 19.6. The first kappa shape index (κ1) is 23.4. The third kappa shape index (κ3) is 4.81. The Morgan fingerprint density at radius 1 is 1.14 bits per heavy atom. The average Bonchev–Trinajstić information content (AvgIpc) is 3.23. The number of fused-ring (bicyclic) bond motifs is 1. The largest absolute Gasteiger partial charge is 0.443 e. The zero-order valence-corrected chi connectivity index (χ0v) is 19.6. The van der Waals surface area contributed by atoms with E-state index in [9.17, 15) is 14.4 Å². The molecule has 0 spiro atoms. The number of primary amides is 1. The van der Waals surface area contributed by atoms with Crippen LogP contribution in [0.25, 0.3) is 11.5 Å². The van der Waals surface area contributed by atoms with Crippen molar-refractivity contribution in [3.8, 4) is 5.82 Å². The van der Waals surface area contributed by atoms with Crippen LogP contribution in [-0.4, -0.2) is 48.8 Å². The fourth-order valence-corrected chi connectivity index (χ4v) is 3.26. The first-order chi connectivity index (χ1) is 16.5. The number of carbonyl (C=O) groups excluding carboxylic acids is 2. The molecule has 4 heterocycles. The number of pyridine rings is 2. The van der Waals surface area contributed by atoms with Crippen molar-refractivity contribution in [3.05, 3.63) is 71.0 Å². The number of aromatic nitrogens is 5. The van der Waals surface area contributed by atoms with E-state index in [1.165, 1.54) is 33.3 Å². The highest BCUT2D eigenvalue weighted by Crippen LogP contribution is 2.26. The summed E-state index contributed by atoms with van der Waals surface area (Å²) in [5, 5.41) is 7.33. The van der Waals surface area contributed by atoms with E-state index in [2.05, 4.69) is 20.4 Å². The van der Waals surface area contributed by atoms with Gasteiger partial charge in [-0.2, -0.15) is 0 Å². The molecule has 0 atom stereocenters. The van der Waals surface area contributed by atoms with Crippen molar-refractivity contribution in [1.29, 1.82) is 0 Å². The quantitative estimate of drug-likeness (QED) is 0.446. The normalized spacial score (nSPS) is 11.3. The van der Waals surface area contributed by atoms with Crippen molar-refractivity contribution < 1.29 is 14.3 Å². The Hall–Kier alpha value is -4.74. The molecule has 35 heavy (non-hydrogen) atoms. The summed E-state index contributed by atoms with van der Waals surface area (Å²) >= 11 is 0. The summed E-state index contributed by atoms with van der Waals surface area (Å²) < 4.78 is 8.04. The highest BCUT2D eigenvalue weighted by atomic mass is 16.6. The summed E-state index contributed by atoms with van der Waals surface area (Å²) in [7, 11) is 1.50. The lowest BCUT2D eigenvalue weighted by atomic mass is 10.2. The van der Waals surface area contributed by atoms with Gasteiger partial charge in [-0.15, -0.1) is 5.10 Å². The number of anilines is 3. The van der Waals surface area contributed by atoms with E-state index in [0.29, 0.717) is 5.82 Å². The van der Waals surface area contributed by atoms with Crippen LogP contribution in [0.4, 0.5) is 22.0 Å². The molecule has 4 aromatic heterocycles. The molecule has 12 nitrogen and oxygen atoms in total. The molecule has 12 heteroatoms. The number of nitrogens with two attached hydrogens (primary N) is 1. The number of nitrogens with zero attached hydrogens (tertiary/aromatic N) is 6. The Kier molecular flexibility index (Phi) is 5.95. The predicted octanol–water partition coefficient (Wildman–Crippen LogP) is 2.49. The lowest BCUT2D eigenvalue weighted by Gasteiger charge is -2.25. The lowest BCUT2D eigenvalue weighted by Crippen LogP contribution is -2.34. The maximum absolute atomic E-state index is 13.1. The topological polar surface area (TPSA) is 150 Å². The number of hydrogen-bond donors (Lipinski definition) is 2. The van der Waals surface area contributed by atoms with E-state index in [0.717, 1.165) is 0 Å². The van der Waals surface area contributed by atoms with Gasteiger partial charge < -0.3 is 15.8 Å². The number of rotatable bonds is 5. The fourth-order valence-electron chi connectivity index (χ4n) is 3.26. The summed E-state index contributed by atoms with van der Waals surface area (Å²) in [5.74, 6) is -0.148. The monoisotopic (exact) mass is 476 g/mol. The van der Waals surface area contributed by atoms with Gasteiger partial charge in [-0.25, -0.2) is 19.3 Å². The number of hydrogen-bond acceptors (Lipinski definition) is 8. The second-order valence-electron chi connectivity index (χ2n) is 8.61. The molecule has 0 aliphatic carbocycles. The second-order valence-corrected chi connectivity index (χ2v) is 8.61. The predicted molar refractivity (Wildman–Crippen MR) is 129 cm³/mol. The van der Waals surface area contributed by atoms with Crippen LogP contribution in [0.1, 0.15) is 31.3 Å². The minimum Gasteiger partial charge on any atom is -0.443 e. The zero-order chi connectivity index (χ0) is 25.3. The van der Waals surface area contributed by atoms with E-state index < -0.39 is 17.6 Å². The minimum atomic E-state index is -0.759. The molecule has 0 aliphatic heterocycles. The first-order valence-electron chi connectivity index (χ1n) is 10.6. The van der Waals surface area contributed by atoms with Crippen LogP contribution in [0.2, 0.25) is 0 Å². The highest BCUT2D eigenvalue weighted by molar-refractivity contribution is 5.96. The van der Waals surface area contributed by atoms with Gasteiger partial charge in [0.1, 0.15) is 22.8 Å². The van der Waals surface area contributed by atoms with E-state index >= 15 is 0 Å². The smallest absolute Gasteiger partial charge is 0.414 e. The summed E-state index contributed by atoms with van der Waals surface area (Å²) in [6.45, 7) is 5.24. The SMILES string of the molecule is CN(C(=O)OC(C)(C)C)c1cc(Nc2cccn(-c3ccccn3)c2=O)nn2c(C(N)=O)cnc12. The standard InChI is InChI=1S/C23H24N8O4/c1-23(2,3)35-22(34)29(4)15-12-17(28-31-16(19(24)32)13-26-20(15)31)27-14-8-7-11-30(21(14)33)18-9-5-6-10-25-18/h5-13H,1-4H3,(H2,24,32)(H,27,28). The molecule has 180 valence electrons. The molecule has 0 saturated heterocycles. The molecule has 4 aromatic rings. The van der Waals surface area contributed by atoms with Crippen LogP contribution >= 0.6 is 0 Å². The maximum Gasteiger partial charge on any atom is 0.414 e.